The summed E-state index contributed by atoms with van der Waals surface area (Å²) < 4.78 is 5.95. The molecule has 10 heteroatoms. The van der Waals surface area contributed by atoms with Gasteiger partial charge < -0.3 is 30.5 Å². The number of piperidine rings is 1. The van der Waals surface area contributed by atoms with E-state index in [0.29, 0.717) is 40.2 Å². The number of carbonyl (C=O) groups is 1. The molecule has 0 unspecified atom stereocenters. The van der Waals surface area contributed by atoms with Gasteiger partial charge in [-0.3, -0.25) is 9.69 Å². The van der Waals surface area contributed by atoms with E-state index in [1.807, 2.05) is 50.2 Å². The molecular weight excluding hydrogens is 552 g/mol. The van der Waals surface area contributed by atoms with Crippen molar-refractivity contribution in [1.29, 1.82) is 5.26 Å². The number of carbonyl (C=O) groups excluding carboxylic acids is 1. The van der Waals surface area contributed by atoms with Crippen molar-refractivity contribution in [2.75, 3.05) is 67.2 Å². The van der Waals surface area contributed by atoms with Gasteiger partial charge in [0.05, 0.1) is 34.4 Å². The zero-order valence-corrected chi connectivity index (χ0v) is 25.8. The summed E-state index contributed by atoms with van der Waals surface area (Å²) >= 11 is 0. The fourth-order valence-electron chi connectivity index (χ4n) is 5.73. The van der Waals surface area contributed by atoms with E-state index >= 15 is 0 Å². The largest absolute Gasteiger partial charge is 0.489 e. The van der Waals surface area contributed by atoms with Crippen molar-refractivity contribution in [3.63, 3.8) is 0 Å². The van der Waals surface area contributed by atoms with Crippen molar-refractivity contribution in [2.24, 2.45) is 0 Å². The molecule has 44 heavy (non-hydrogen) atoms. The lowest BCUT2D eigenvalue weighted by molar-refractivity contribution is -0.111. The number of hydrogen-bond donors (Lipinski definition) is 3. The minimum absolute atomic E-state index is 0.00135. The molecule has 2 aromatic carbocycles. The molecular formula is C34H42N8O2. The summed E-state index contributed by atoms with van der Waals surface area (Å²) in [5.41, 5.74) is 4.10. The van der Waals surface area contributed by atoms with Crippen molar-refractivity contribution in [3.05, 3.63) is 72.9 Å². The summed E-state index contributed by atoms with van der Waals surface area (Å²) in [6.45, 7) is 14.0. The summed E-state index contributed by atoms with van der Waals surface area (Å²) in [4.78, 5) is 24.3. The quantitative estimate of drug-likeness (QED) is 0.260. The second-order valence-corrected chi connectivity index (χ2v) is 11.6. The van der Waals surface area contributed by atoms with Crippen LogP contribution in [0.1, 0.15) is 32.3 Å². The van der Waals surface area contributed by atoms with Crippen LogP contribution in [0.3, 0.4) is 0 Å². The van der Waals surface area contributed by atoms with Crippen LogP contribution in [0, 0.1) is 11.3 Å². The second-order valence-electron chi connectivity index (χ2n) is 11.6. The van der Waals surface area contributed by atoms with Crippen LogP contribution in [0.15, 0.2) is 67.4 Å². The number of hydrogen-bond acceptors (Lipinski definition) is 9. The molecule has 3 aromatic rings. The van der Waals surface area contributed by atoms with Gasteiger partial charge in [0, 0.05) is 63.3 Å². The molecule has 2 saturated heterocycles. The van der Waals surface area contributed by atoms with Gasteiger partial charge in [-0.2, -0.15) is 5.26 Å². The van der Waals surface area contributed by atoms with E-state index in [-0.39, 0.29) is 12.0 Å². The fraction of sp³-hybridized carbons (Fsp3) is 0.382. The molecule has 0 aliphatic carbocycles. The summed E-state index contributed by atoms with van der Waals surface area (Å²) in [5.74, 6) is 0.912. The zero-order valence-electron chi connectivity index (χ0n) is 25.8. The lowest BCUT2D eigenvalue weighted by atomic mass is 10.0. The van der Waals surface area contributed by atoms with Crippen LogP contribution in [0.2, 0.25) is 0 Å². The van der Waals surface area contributed by atoms with Gasteiger partial charge in [-0.05, 0) is 70.1 Å². The summed E-state index contributed by atoms with van der Waals surface area (Å²) in [7, 11) is 2.19. The highest BCUT2D eigenvalue weighted by molar-refractivity contribution is 6.02. The Balaban J connectivity index is 1.34. The van der Waals surface area contributed by atoms with Crippen molar-refractivity contribution >= 4 is 40.2 Å². The average molecular weight is 595 g/mol. The van der Waals surface area contributed by atoms with E-state index in [0.717, 1.165) is 63.5 Å². The predicted octanol–water partition coefficient (Wildman–Crippen LogP) is 5.57. The smallest absolute Gasteiger partial charge is 0.247 e. The molecule has 10 nitrogen and oxygen atoms in total. The van der Waals surface area contributed by atoms with Crippen LogP contribution >= 0.6 is 0 Å². The van der Waals surface area contributed by atoms with Crippen molar-refractivity contribution in [1.82, 2.24) is 14.8 Å². The Kier molecular flexibility index (Phi) is 10.00. The van der Waals surface area contributed by atoms with Crippen LogP contribution in [-0.2, 0) is 4.79 Å². The van der Waals surface area contributed by atoms with Crippen LogP contribution in [0.5, 0.6) is 5.75 Å². The van der Waals surface area contributed by atoms with Gasteiger partial charge in [0.1, 0.15) is 17.6 Å². The van der Waals surface area contributed by atoms with Crippen molar-refractivity contribution in [3.8, 4) is 11.8 Å². The molecule has 2 aliphatic rings. The van der Waals surface area contributed by atoms with Crippen LogP contribution in [0.25, 0.3) is 0 Å². The number of nitriles is 1. The van der Waals surface area contributed by atoms with E-state index in [1.165, 1.54) is 12.3 Å². The number of para-hydroxylation sites is 2. The summed E-state index contributed by atoms with van der Waals surface area (Å²) in [6.07, 6.45) is 5.02. The molecule has 1 amide bonds. The number of aromatic nitrogens is 1. The molecule has 230 valence electrons. The molecule has 5 rings (SSSR count). The highest BCUT2D eigenvalue weighted by atomic mass is 16.5. The highest BCUT2D eigenvalue weighted by Crippen LogP contribution is 2.34. The molecule has 2 fully saturated rings. The van der Waals surface area contributed by atoms with Gasteiger partial charge in [-0.15, -0.1) is 0 Å². The molecule has 3 N–H and O–H groups in total. The van der Waals surface area contributed by atoms with Crippen LogP contribution in [-0.4, -0.2) is 79.2 Å². The lowest BCUT2D eigenvalue weighted by Gasteiger charge is -2.42. The van der Waals surface area contributed by atoms with Gasteiger partial charge in [0.25, 0.3) is 0 Å². The Morgan fingerprint density at radius 1 is 1.00 bits per heavy atom. The fourth-order valence-corrected chi connectivity index (χ4v) is 5.73. The number of piperazine rings is 1. The molecule has 0 bridgehead atoms. The van der Waals surface area contributed by atoms with Gasteiger partial charge >= 0.3 is 0 Å². The number of benzene rings is 2. The monoisotopic (exact) mass is 594 g/mol. The van der Waals surface area contributed by atoms with Crippen LogP contribution < -0.4 is 25.6 Å². The Hall–Kier alpha value is -4.59. The van der Waals surface area contributed by atoms with Gasteiger partial charge in [0.2, 0.25) is 5.91 Å². The Morgan fingerprint density at radius 2 is 1.75 bits per heavy atom. The first kappa shape index (κ1) is 30.9. The third-order valence-corrected chi connectivity index (χ3v) is 8.14. The molecule has 0 spiro atoms. The highest BCUT2D eigenvalue weighted by Gasteiger charge is 2.27. The van der Waals surface area contributed by atoms with E-state index in [9.17, 15) is 10.1 Å². The van der Waals surface area contributed by atoms with E-state index in [2.05, 4.69) is 61.4 Å². The van der Waals surface area contributed by atoms with Gasteiger partial charge in [-0.25, -0.2) is 4.98 Å². The maximum Gasteiger partial charge on any atom is 0.247 e. The number of pyridine rings is 1. The Morgan fingerprint density at radius 3 is 2.45 bits per heavy atom. The Bertz CT molecular complexity index is 1500. The lowest BCUT2D eigenvalue weighted by Crippen LogP contribution is -2.52. The first-order valence-electron chi connectivity index (χ1n) is 15.3. The number of ether oxygens (including phenoxy) is 1. The normalized spacial score (nSPS) is 16.3. The molecule has 0 saturated carbocycles. The van der Waals surface area contributed by atoms with E-state index in [1.54, 1.807) is 6.07 Å². The molecule has 1 aromatic heterocycles. The maximum atomic E-state index is 12.4. The summed E-state index contributed by atoms with van der Waals surface area (Å²) in [5, 5.41) is 19.4. The molecule has 0 radical (unpaired) electrons. The summed E-state index contributed by atoms with van der Waals surface area (Å²) in [6, 6.07) is 18.3. The Labute approximate surface area is 260 Å². The average Bonchev–Trinajstić information content (AvgIpc) is 3.03. The third-order valence-electron chi connectivity index (χ3n) is 8.14. The SMILES string of the molecule is C=CC(=O)Nc1cc(N2CCC(N3CCN(C)CC3)CC2)ccc1Nc1cc(Nc2ccccc2OC(C)C)c(C#N)cn1. The third kappa shape index (κ3) is 7.67. The molecule has 3 heterocycles. The minimum atomic E-state index is -0.295. The topological polar surface area (TPSA) is 109 Å². The first-order valence-corrected chi connectivity index (χ1v) is 15.3. The van der Waals surface area contributed by atoms with Crippen LogP contribution in [0.4, 0.5) is 34.3 Å². The number of nitrogens with zero attached hydrogens (tertiary/aromatic N) is 5. The van der Waals surface area contributed by atoms with E-state index in [4.69, 9.17) is 4.74 Å². The number of likely N-dealkylation sites (N-methyl/N-ethyl adjacent to an activating group) is 1. The zero-order chi connectivity index (χ0) is 31.1. The van der Waals surface area contributed by atoms with E-state index < -0.39 is 0 Å². The first-order chi connectivity index (χ1) is 21.3. The number of amides is 1. The minimum Gasteiger partial charge on any atom is -0.489 e. The second kappa shape index (κ2) is 14.3. The number of nitrogens with one attached hydrogen (secondary N) is 3. The van der Waals surface area contributed by atoms with Crippen molar-refractivity contribution < 1.29 is 9.53 Å². The maximum absolute atomic E-state index is 12.4. The van der Waals surface area contributed by atoms with Gasteiger partial charge in [-0.1, -0.05) is 18.7 Å². The number of anilines is 6. The standard InChI is InChI=1S/C34H42N8O2/c1-5-34(43)39-31-20-27(41-14-12-26(13-15-41)42-18-16-40(4)17-19-42)10-11-28(31)38-33-21-30(25(22-35)23-36-33)37-29-8-6-7-9-32(29)44-24(2)3/h5-11,20-21,23-24,26H,1,12-19H2,2-4H3,(H,39,43)(H2,36,37,38). The molecule has 2 aliphatic heterocycles. The van der Waals surface area contributed by atoms with Gasteiger partial charge in [0.15, 0.2) is 0 Å². The van der Waals surface area contributed by atoms with Crippen molar-refractivity contribution in [2.45, 2.75) is 38.8 Å². The number of rotatable bonds is 10. The molecule has 0 atom stereocenters. The predicted molar refractivity (Wildman–Crippen MR) is 177 cm³/mol.